The minimum Gasteiger partial charge on any atom is -0.490 e. The predicted molar refractivity (Wildman–Crippen MR) is 121 cm³/mol. The van der Waals surface area contributed by atoms with Crippen LogP contribution in [0.15, 0.2) is 42.0 Å². The van der Waals surface area contributed by atoms with Crippen LogP contribution in [0.2, 0.25) is 0 Å². The van der Waals surface area contributed by atoms with Crippen molar-refractivity contribution >= 4 is 52.2 Å². The van der Waals surface area contributed by atoms with Crippen molar-refractivity contribution in [1.29, 1.82) is 0 Å². The second-order valence-corrected chi connectivity index (χ2v) is 8.03. The zero-order valence-electron chi connectivity index (χ0n) is 17.1. The molecule has 9 heteroatoms. The van der Waals surface area contributed by atoms with Crippen molar-refractivity contribution in [2.75, 3.05) is 11.5 Å². The Bertz CT molecular complexity index is 1070. The fourth-order valence-electron chi connectivity index (χ4n) is 2.93. The summed E-state index contributed by atoms with van der Waals surface area (Å²) >= 11 is 2.09. The van der Waals surface area contributed by atoms with Crippen LogP contribution < -0.4 is 19.7 Å². The molecule has 1 aliphatic rings. The maximum Gasteiger partial charge on any atom is 0.335 e. The van der Waals surface area contributed by atoms with Gasteiger partial charge in [-0.05, 0) is 91.4 Å². The van der Waals surface area contributed by atoms with Crippen molar-refractivity contribution < 1.29 is 28.2 Å². The van der Waals surface area contributed by atoms with Crippen molar-refractivity contribution in [3.63, 3.8) is 0 Å². The van der Waals surface area contributed by atoms with E-state index >= 15 is 0 Å². The number of hydrogen-bond acceptors (Lipinski definition) is 5. The lowest BCUT2D eigenvalue weighted by Crippen LogP contribution is -2.54. The van der Waals surface area contributed by atoms with Gasteiger partial charge in [0, 0.05) is 0 Å². The number of rotatable bonds is 6. The smallest absolute Gasteiger partial charge is 0.335 e. The Balaban J connectivity index is 2.02. The Kier molecular flexibility index (Phi) is 6.94. The van der Waals surface area contributed by atoms with Gasteiger partial charge in [0.1, 0.15) is 11.4 Å². The van der Waals surface area contributed by atoms with Crippen molar-refractivity contribution in [2.24, 2.45) is 0 Å². The summed E-state index contributed by atoms with van der Waals surface area (Å²) < 4.78 is 25.5. The molecule has 0 radical (unpaired) electrons. The van der Waals surface area contributed by atoms with Crippen LogP contribution in [0.1, 0.15) is 26.3 Å². The third-order valence-corrected chi connectivity index (χ3v) is 4.98. The second kappa shape index (κ2) is 9.46. The first-order chi connectivity index (χ1) is 14.7. The van der Waals surface area contributed by atoms with Gasteiger partial charge in [-0.25, -0.2) is 14.1 Å². The van der Waals surface area contributed by atoms with Gasteiger partial charge in [-0.3, -0.25) is 14.9 Å². The van der Waals surface area contributed by atoms with Gasteiger partial charge in [0.25, 0.3) is 11.8 Å². The molecule has 2 aromatic rings. The number of nitrogens with one attached hydrogen (secondary N) is 1. The highest BCUT2D eigenvalue weighted by molar-refractivity contribution is 14.1. The number of imide groups is 2. The van der Waals surface area contributed by atoms with Gasteiger partial charge in [-0.2, -0.15) is 0 Å². The Morgan fingerprint density at radius 2 is 1.84 bits per heavy atom. The van der Waals surface area contributed by atoms with E-state index in [4.69, 9.17) is 9.47 Å². The number of amides is 4. The lowest BCUT2D eigenvalue weighted by Gasteiger charge is -2.26. The molecule has 1 heterocycles. The number of anilines is 1. The summed E-state index contributed by atoms with van der Waals surface area (Å²) in [7, 11) is 0. The molecule has 1 saturated heterocycles. The first kappa shape index (κ1) is 22.7. The van der Waals surface area contributed by atoms with Crippen LogP contribution in [0, 0.1) is 9.39 Å². The number of halogens is 2. The Morgan fingerprint density at radius 3 is 2.45 bits per heavy atom. The monoisotopic (exact) mass is 538 g/mol. The van der Waals surface area contributed by atoms with E-state index in [-0.39, 0.29) is 17.4 Å². The van der Waals surface area contributed by atoms with E-state index in [0.29, 0.717) is 23.7 Å². The van der Waals surface area contributed by atoms with Gasteiger partial charge in [-0.15, -0.1) is 0 Å². The zero-order valence-corrected chi connectivity index (χ0v) is 19.2. The maximum absolute atomic E-state index is 13.2. The molecule has 1 fully saturated rings. The van der Waals surface area contributed by atoms with Gasteiger partial charge >= 0.3 is 6.03 Å². The van der Waals surface area contributed by atoms with Gasteiger partial charge in [0.05, 0.1) is 22.0 Å². The Morgan fingerprint density at radius 1 is 1.16 bits per heavy atom. The van der Waals surface area contributed by atoms with E-state index in [2.05, 4.69) is 27.9 Å². The van der Waals surface area contributed by atoms with Crippen molar-refractivity contribution in [2.45, 2.75) is 26.9 Å². The molecule has 1 N–H and O–H groups in total. The number of benzene rings is 2. The van der Waals surface area contributed by atoms with E-state index < -0.39 is 23.7 Å². The third-order valence-electron chi connectivity index (χ3n) is 4.18. The average molecular weight is 538 g/mol. The number of ether oxygens (including phenoxy) is 2. The second-order valence-electron chi connectivity index (χ2n) is 6.86. The highest BCUT2D eigenvalue weighted by Gasteiger charge is 2.36. The van der Waals surface area contributed by atoms with Crippen LogP contribution in [0.4, 0.5) is 14.9 Å². The Labute approximate surface area is 192 Å². The maximum atomic E-state index is 13.2. The lowest BCUT2D eigenvalue weighted by molar-refractivity contribution is -0.122. The average Bonchev–Trinajstić information content (AvgIpc) is 2.69. The molecule has 0 bridgehead atoms. The number of nitrogens with zero attached hydrogens (tertiary/aromatic N) is 1. The molecule has 0 saturated carbocycles. The predicted octanol–water partition coefficient (Wildman–Crippen LogP) is 4.28. The third kappa shape index (κ3) is 5.04. The van der Waals surface area contributed by atoms with Crippen molar-refractivity contribution in [1.82, 2.24) is 5.32 Å². The number of urea groups is 1. The van der Waals surface area contributed by atoms with E-state index in [1.165, 1.54) is 18.2 Å². The van der Waals surface area contributed by atoms with E-state index in [1.54, 1.807) is 12.1 Å². The number of carbonyl (C=O) groups excluding carboxylic acids is 3. The number of hydrogen-bond donors (Lipinski definition) is 1. The topological polar surface area (TPSA) is 84.9 Å². The molecule has 0 aliphatic carbocycles. The molecule has 31 heavy (non-hydrogen) atoms. The van der Waals surface area contributed by atoms with Gasteiger partial charge in [0.15, 0.2) is 11.5 Å². The molecular weight excluding hydrogens is 518 g/mol. The molecule has 162 valence electrons. The SMILES string of the molecule is CCOc1cc(/C=C2\C(=O)NC(=O)N(c3ccc(F)cc3)C2=O)cc(I)c1OC(C)C. The van der Waals surface area contributed by atoms with Crippen LogP contribution >= 0.6 is 22.6 Å². The minimum absolute atomic E-state index is 0.0714. The first-order valence-electron chi connectivity index (χ1n) is 9.51. The molecule has 7 nitrogen and oxygen atoms in total. The van der Waals surface area contributed by atoms with Crippen molar-refractivity contribution in [3.05, 3.63) is 56.9 Å². The van der Waals surface area contributed by atoms with Crippen LogP contribution in [0.5, 0.6) is 11.5 Å². The summed E-state index contributed by atoms with van der Waals surface area (Å²) in [6.45, 7) is 6.03. The summed E-state index contributed by atoms with van der Waals surface area (Å²) in [5.41, 5.74) is 0.433. The summed E-state index contributed by atoms with van der Waals surface area (Å²) in [6.07, 6.45) is 1.31. The summed E-state index contributed by atoms with van der Waals surface area (Å²) in [6, 6.07) is 7.33. The fourth-order valence-corrected chi connectivity index (χ4v) is 3.69. The molecule has 0 atom stereocenters. The number of barbiturate groups is 1. The molecule has 3 rings (SSSR count). The zero-order chi connectivity index (χ0) is 22.7. The van der Waals surface area contributed by atoms with Crippen LogP contribution in [0.25, 0.3) is 6.08 Å². The molecule has 0 unspecified atom stereocenters. The summed E-state index contributed by atoms with van der Waals surface area (Å²) in [4.78, 5) is 38.4. The largest absolute Gasteiger partial charge is 0.490 e. The summed E-state index contributed by atoms with van der Waals surface area (Å²) in [5.74, 6) is -1.09. The fraction of sp³-hybridized carbons (Fsp3) is 0.227. The quantitative estimate of drug-likeness (QED) is 0.337. The molecular formula is C22H20FIN2O5. The Hall–Kier alpha value is -2.95. The van der Waals surface area contributed by atoms with E-state index in [9.17, 15) is 18.8 Å². The molecule has 0 spiro atoms. The van der Waals surface area contributed by atoms with E-state index in [0.717, 1.165) is 20.6 Å². The standard InChI is InChI=1S/C22H20FIN2O5/c1-4-30-18-11-13(10-17(24)19(18)31-12(2)3)9-16-20(27)25-22(29)26(21(16)28)15-7-5-14(23)6-8-15/h5-12H,4H2,1-3H3,(H,25,27,29)/b16-9+. The normalized spacial score (nSPS) is 15.5. The van der Waals surface area contributed by atoms with Crippen molar-refractivity contribution in [3.8, 4) is 11.5 Å². The highest BCUT2D eigenvalue weighted by Crippen LogP contribution is 2.36. The molecule has 0 aromatic heterocycles. The first-order valence-corrected chi connectivity index (χ1v) is 10.6. The molecule has 4 amide bonds. The van der Waals surface area contributed by atoms with Gasteiger partial charge in [-0.1, -0.05) is 0 Å². The minimum atomic E-state index is -0.899. The van der Waals surface area contributed by atoms with Crippen LogP contribution in [-0.2, 0) is 9.59 Å². The lowest BCUT2D eigenvalue weighted by atomic mass is 10.1. The highest BCUT2D eigenvalue weighted by atomic mass is 127. The molecule has 1 aliphatic heterocycles. The molecule has 2 aromatic carbocycles. The van der Waals surface area contributed by atoms with Crippen LogP contribution in [-0.4, -0.2) is 30.6 Å². The summed E-state index contributed by atoms with van der Waals surface area (Å²) in [5, 5.41) is 2.14. The number of carbonyl (C=O) groups is 3. The van der Waals surface area contributed by atoms with Crippen LogP contribution in [0.3, 0.4) is 0 Å². The van der Waals surface area contributed by atoms with Gasteiger partial charge < -0.3 is 9.47 Å². The van der Waals surface area contributed by atoms with E-state index in [1.807, 2.05) is 20.8 Å². The van der Waals surface area contributed by atoms with Gasteiger partial charge in [0.2, 0.25) is 0 Å².